The fraction of sp³-hybridized carbons (Fsp3) is 0.150. The van der Waals surface area contributed by atoms with Gasteiger partial charge in [0.2, 0.25) is 0 Å². The Morgan fingerprint density at radius 2 is 2.04 bits per heavy atom. The smallest absolute Gasteiger partial charge is 0.270 e. The van der Waals surface area contributed by atoms with Crippen LogP contribution in [0.2, 0.25) is 0 Å². The van der Waals surface area contributed by atoms with Gasteiger partial charge in [-0.15, -0.1) is 0 Å². The summed E-state index contributed by atoms with van der Waals surface area (Å²) in [5.41, 5.74) is 5.55. The first-order chi connectivity index (χ1) is 12.2. The van der Waals surface area contributed by atoms with Gasteiger partial charge in [-0.3, -0.25) is 4.79 Å². The molecule has 0 saturated heterocycles. The Morgan fingerprint density at radius 1 is 1.16 bits per heavy atom. The molecule has 4 rings (SSSR count). The molecule has 25 heavy (non-hydrogen) atoms. The van der Waals surface area contributed by atoms with E-state index in [2.05, 4.69) is 33.2 Å². The Kier molecular flexibility index (Phi) is 3.90. The molecule has 0 radical (unpaired) electrons. The third kappa shape index (κ3) is 2.96. The van der Waals surface area contributed by atoms with Crippen LogP contribution in [0.15, 0.2) is 66.0 Å². The molecule has 0 atom stereocenters. The molecule has 0 aliphatic heterocycles. The van der Waals surface area contributed by atoms with Gasteiger partial charge in [0, 0.05) is 18.1 Å². The van der Waals surface area contributed by atoms with Crippen LogP contribution in [-0.2, 0) is 12.8 Å². The van der Waals surface area contributed by atoms with Crippen LogP contribution >= 0.6 is 0 Å². The predicted octanol–water partition coefficient (Wildman–Crippen LogP) is 3.26. The number of fused-ring (bicyclic) bond motifs is 1. The highest BCUT2D eigenvalue weighted by Gasteiger charge is 2.07. The normalized spacial score (nSPS) is 11.1. The van der Waals surface area contributed by atoms with Gasteiger partial charge >= 0.3 is 0 Å². The topological polar surface area (TPSA) is 63.6 Å². The molecule has 0 bridgehead atoms. The van der Waals surface area contributed by atoms with E-state index in [-0.39, 0.29) is 5.56 Å². The van der Waals surface area contributed by atoms with Crippen molar-refractivity contribution in [2.24, 2.45) is 0 Å². The fourth-order valence-electron chi connectivity index (χ4n) is 3.05. The van der Waals surface area contributed by atoms with Gasteiger partial charge in [0.05, 0.1) is 17.4 Å². The molecule has 5 nitrogen and oxygen atoms in total. The van der Waals surface area contributed by atoms with Crippen molar-refractivity contribution in [3.8, 4) is 5.69 Å². The van der Waals surface area contributed by atoms with E-state index in [4.69, 9.17) is 0 Å². The molecule has 2 heterocycles. The van der Waals surface area contributed by atoms with Crippen LogP contribution < -0.4 is 5.56 Å². The summed E-state index contributed by atoms with van der Waals surface area (Å²) >= 11 is 0. The lowest BCUT2D eigenvalue weighted by atomic mass is 10.0. The van der Waals surface area contributed by atoms with Gasteiger partial charge in [-0.25, -0.2) is 9.97 Å². The first kappa shape index (κ1) is 15.3. The number of nitrogens with one attached hydrogen (secondary N) is 1. The largest absolute Gasteiger partial charge is 0.319 e. The number of para-hydroxylation sites is 1. The van der Waals surface area contributed by atoms with Crippen LogP contribution in [0.5, 0.6) is 0 Å². The van der Waals surface area contributed by atoms with Gasteiger partial charge in [0.1, 0.15) is 5.69 Å². The SMILES string of the molecule is CCc1nc2cc(Cc3ccccc3-n3ccnc3)ccc2[nH]c1=O. The van der Waals surface area contributed by atoms with E-state index in [0.29, 0.717) is 12.1 Å². The zero-order chi connectivity index (χ0) is 17.2. The van der Waals surface area contributed by atoms with Crippen molar-refractivity contribution in [1.29, 1.82) is 0 Å². The number of benzene rings is 2. The quantitative estimate of drug-likeness (QED) is 0.625. The van der Waals surface area contributed by atoms with Crippen LogP contribution in [0.25, 0.3) is 16.7 Å². The lowest BCUT2D eigenvalue weighted by Gasteiger charge is -2.11. The zero-order valence-corrected chi connectivity index (χ0v) is 13.9. The number of aryl methyl sites for hydroxylation is 1. The van der Waals surface area contributed by atoms with E-state index >= 15 is 0 Å². The number of rotatable bonds is 4. The molecule has 0 fully saturated rings. The first-order valence-corrected chi connectivity index (χ1v) is 8.32. The van der Waals surface area contributed by atoms with Crippen molar-refractivity contribution >= 4 is 11.0 Å². The van der Waals surface area contributed by atoms with E-state index < -0.39 is 0 Å². The van der Waals surface area contributed by atoms with Gasteiger partial charge in [-0.05, 0) is 42.2 Å². The predicted molar refractivity (Wildman–Crippen MR) is 98.1 cm³/mol. The number of aromatic amines is 1. The highest BCUT2D eigenvalue weighted by molar-refractivity contribution is 5.75. The molecule has 2 aromatic heterocycles. The second-order valence-electron chi connectivity index (χ2n) is 5.99. The summed E-state index contributed by atoms with van der Waals surface area (Å²) in [6, 6.07) is 14.3. The molecule has 2 aromatic carbocycles. The maximum Gasteiger partial charge on any atom is 0.270 e. The fourth-order valence-corrected chi connectivity index (χ4v) is 3.05. The van der Waals surface area contributed by atoms with E-state index in [9.17, 15) is 4.79 Å². The summed E-state index contributed by atoms with van der Waals surface area (Å²) in [5.74, 6) is 0. The standard InChI is InChI=1S/C20H18N4O/c1-2-16-20(25)23-17-8-7-14(12-18(17)22-16)11-15-5-3-4-6-19(15)24-10-9-21-13-24/h3-10,12-13H,2,11H2,1H3,(H,23,25). The van der Waals surface area contributed by atoms with Gasteiger partial charge in [-0.1, -0.05) is 31.2 Å². The Hall–Kier alpha value is -3.21. The number of aromatic nitrogens is 4. The van der Waals surface area contributed by atoms with Crippen molar-refractivity contribution in [1.82, 2.24) is 19.5 Å². The van der Waals surface area contributed by atoms with Crippen molar-refractivity contribution in [3.63, 3.8) is 0 Å². The highest BCUT2D eigenvalue weighted by atomic mass is 16.1. The molecule has 0 amide bonds. The minimum atomic E-state index is -0.104. The molecule has 124 valence electrons. The van der Waals surface area contributed by atoms with Gasteiger partial charge < -0.3 is 9.55 Å². The third-order valence-electron chi connectivity index (χ3n) is 4.33. The molecule has 0 saturated carbocycles. The Balaban J connectivity index is 1.74. The average Bonchev–Trinajstić information content (AvgIpc) is 3.16. The number of hydrogen-bond donors (Lipinski definition) is 1. The van der Waals surface area contributed by atoms with E-state index in [1.165, 1.54) is 5.56 Å². The second-order valence-corrected chi connectivity index (χ2v) is 5.99. The Morgan fingerprint density at radius 3 is 2.84 bits per heavy atom. The maximum atomic E-state index is 11.9. The van der Waals surface area contributed by atoms with Gasteiger partial charge in [0.25, 0.3) is 5.56 Å². The van der Waals surface area contributed by atoms with Crippen LogP contribution in [0, 0.1) is 0 Å². The lowest BCUT2D eigenvalue weighted by Crippen LogP contribution is -2.14. The van der Waals surface area contributed by atoms with Crippen LogP contribution in [0.4, 0.5) is 0 Å². The minimum absolute atomic E-state index is 0.104. The van der Waals surface area contributed by atoms with Crippen molar-refractivity contribution in [2.45, 2.75) is 19.8 Å². The summed E-state index contributed by atoms with van der Waals surface area (Å²) in [7, 11) is 0. The Labute approximate surface area is 145 Å². The van der Waals surface area contributed by atoms with E-state index in [1.807, 2.05) is 42.0 Å². The average molecular weight is 330 g/mol. The molecule has 0 unspecified atom stereocenters. The second kappa shape index (κ2) is 6.36. The molecule has 0 aliphatic carbocycles. The van der Waals surface area contributed by atoms with Crippen LogP contribution in [0.3, 0.4) is 0 Å². The minimum Gasteiger partial charge on any atom is -0.319 e. The zero-order valence-electron chi connectivity index (χ0n) is 13.9. The first-order valence-electron chi connectivity index (χ1n) is 8.32. The lowest BCUT2D eigenvalue weighted by molar-refractivity contribution is 0.993. The van der Waals surface area contributed by atoms with Crippen molar-refractivity contribution in [3.05, 3.63) is 88.4 Å². The number of nitrogens with zero attached hydrogens (tertiary/aromatic N) is 3. The highest BCUT2D eigenvalue weighted by Crippen LogP contribution is 2.20. The molecule has 1 N–H and O–H groups in total. The third-order valence-corrected chi connectivity index (χ3v) is 4.33. The molecule has 5 heteroatoms. The molecular weight excluding hydrogens is 312 g/mol. The monoisotopic (exact) mass is 330 g/mol. The Bertz CT molecular complexity index is 1080. The number of hydrogen-bond acceptors (Lipinski definition) is 3. The van der Waals surface area contributed by atoms with Crippen molar-refractivity contribution in [2.75, 3.05) is 0 Å². The summed E-state index contributed by atoms with van der Waals surface area (Å²) in [6.45, 7) is 1.94. The maximum absolute atomic E-state index is 11.9. The molecule has 4 aromatic rings. The van der Waals surface area contributed by atoms with Crippen LogP contribution in [-0.4, -0.2) is 19.5 Å². The molecular formula is C20H18N4O. The van der Waals surface area contributed by atoms with Crippen molar-refractivity contribution < 1.29 is 0 Å². The summed E-state index contributed by atoms with van der Waals surface area (Å²) in [4.78, 5) is 23.4. The van der Waals surface area contributed by atoms with Gasteiger partial charge in [0.15, 0.2) is 0 Å². The van der Waals surface area contributed by atoms with E-state index in [1.54, 1.807) is 12.5 Å². The number of imidazole rings is 1. The van der Waals surface area contributed by atoms with Crippen LogP contribution in [0.1, 0.15) is 23.7 Å². The van der Waals surface area contributed by atoms with Gasteiger partial charge in [-0.2, -0.15) is 0 Å². The summed E-state index contributed by atoms with van der Waals surface area (Å²) in [6.07, 6.45) is 6.93. The molecule has 0 aliphatic rings. The summed E-state index contributed by atoms with van der Waals surface area (Å²) in [5, 5.41) is 0. The summed E-state index contributed by atoms with van der Waals surface area (Å²) < 4.78 is 2.02. The van der Waals surface area contributed by atoms with E-state index in [0.717, 1.165) is 28.7 Å². The molecule has 0 spiro atoms. The number of H-pyrrole nitrogens is 1.